The van der Waals surface area contributed by atoms with Crippen LogP contribution in [0.3, 0.4) is 0 Å². The fourth-order valence-electron chi connectivity index (χ4n) is 4.53. The largest absolute Gasteiger partial charge is 0.453 e. The molecule has 0 bridgehead atoms. The molecule has 0 saturated carbocycles. The topological polar surface area (TPSA) is 35.5 Å². The highest BCUT2D eigenvalue weighted by atomic mass is 32.1. The van der Waals surface area contributed by atoms with E-state index in [1.165, 1.54) is 5.56 Å². The number of thiocarbonyl (C=S) groups is 1. The van der Waals surface area contributed by atoms with Gasteiger partial charge in [0.05, 0.1) is 0 Å². The van der Waals surface area contributed by atoms with Crippen molar-refractivity contribution in [1.29, 1.82) is 0 Å². The van der Waals surface area contributed by atoms with Gasteiger partial charge in [-0.1, -0.05) is 66.7 Å². The van der Waals surface area contributed by atoms with Gasteiger partial charge >= 0.3 is 5.24 Å². The van der Waals surface area contributed by atoms with Crippen molar-refractivity contribution in [3.05, 3.63) is 101 Å². The van der Waals surface area contributed by atoms with Crippen molar-refractivity contribution in [1.82, 2.24) is 0 Å². The molecule has 0 aliphatic heterocycles. The number of allylic oxidation sites excluding steroid dienone is 1. The molecule has 4 heteroatoms. The monoisotopic (exact) mass is 426 g/mol. The van der Waals surface area contributed by atoms with Gasteiger partial charge in [-0.3, -0.25) is 4.79 Å². The predicted molar refractivity (Wildman–Crippen MR) is 126 cm³/mol. The quantitative estimate of drug-likeness (QED) is 0.485. The minimum atomic E-state index is -0.173. The van der Waals surface area contributed by atoms with Crippen LogP contribution in [0.25, 0.3) is 11.1 Å². The standard InChI is InChI=1S/C27H22O3S/c28-25-16-19-9-5-6-12-22(19)24-17-21(30-27(31)29-20-10-2-1-3-11-20)15-14-18-8-4-7-13-23(18)26(24)25/h1-13,21H,14-17H2. The van der Waals surface area contributed by atoms with Crippen molar-refractivity contribution >= 4 is 34.4 Å². The lowest BCUT2D eigenvalue weighted by Gasteiger charge is -2.30. The van der Waals surface area contributed by atoms with E-state index in [-0.39, 0.29) is 17.1 Å². The summed E-state index contributed by atoms with van der Waals surface area (Å²) >= 11 is 5.39. The summed E-state index contributed by atoms with van der Waals surface area (Å²) in [5.74, 6) is 0.826. The first-order valence-corrected chi connectivity index (χ1v) is 11.0. The van der Waals surface area contributed by atoms with Gasteiger partial charge in [-0.25, -0.2) is 0 Å². The molecule has 3 aromatic carbocycles. The molecule has 0 N–H and O–H groups in total. The van der Waals surface area contributed by atoms with E-state index in [4.69, 9.17) is 21.7 Å². The molecule has 0 aromatic heterocycles. The average molecular weight is 427 g/mol. The van der Waals surface area contributed by atoms with E-state index in [0.717, 1.165) is 40.7 Å². The molecule has 3 aromatic rings. The third-order valence-electron chi connectivity index (χ3n) is 5.94. The van der Waals surface area contributed by atoms with E-state index in [2.05, 4.69) is 18.2 Å². The summed E-state index contributed by atoms with van der Waals surface area (Å²) < 4.78 is 11.8. The van der Waals surface area contributed by atoms with Crippen LogP contribution in [0, 0.1) is 0 Å². The third kappa shape index (κ3) is 4.04. The minimum Gasteiger partial charge on any atom is -0.453 e. The van der Waals surface area contributed by atoms with Crippen molar-refractivity contribution in [3.63, 3.8) is 0 Å². The number of carbonyl (C=O) groups excluding carboxylic acids is 1. The Morgan fingerprint density at radius 1 is 0.839 bits per heavy atom. The average Bonchev–Trinajstić information content (AvgIpc) is 2.77. The fourth-order valence-corrected chi connectivity index (χ4v) is 4.76. The highest BCUT2D eigenvalue weighted by molar-refractivity contribution is 7.79. The Bertz CT molecular complexity index is 1180. The summed E-state index contributed by atoms with van der Waals surface area (Å²) in [7, 11) is 0. The predicted octanol–water partition coefficient (Wildman–Crippen LogP) is 5.81. The molecule has 154 valence electrons. The van der Waals surface area contributed by atoms with Gasteiger partial charge in [0.15, 0.2) is 5.78 Å². The molecule has 0 amide bonds. The second-order valence-corrected chi connectivity index (χ2v) is 8.25. The van der Waals surface area contributed by atoms with Crippen LogP contribution < -0.4 is 4.74 Å². The second-order valence-electron chi connectivity index (χ2n) is 7.92. The molecule has 0 saturated heterocycles. The molecule has 0 spiro atoms. The van der Waals surface area contributed by atoms with Crippen LogP contribution in [0.5, 0.6) is 5.75 Å². The van der Waals surface area contributed by atoms with Crippen LogP contribution >= 0.6 is 12.2 Å². The van der Waals surface area contributed by atoms with Crippen LogP contribution in [0.2, 0.25) is 0 Å². The van der Waals surface area contributed by atoms with Crippen LogP contribution in [-0.2, 0) is 22.4 Å². The number of rotatable bonds is 2. The maximum absolute atomic E-state index is 13.2. The zero-order chi connectivity index (χ0) is 21.2. The van der Waals surface area contributed by atoms with E-state index in [0.29, 0.717) is 18.6 Å². The highest BCUT2D eigenvalue weighted by Crippen LogP contribution is 2.41. The Hall–Kier alpha value is -3.24. The van der Waals surface area contributed by atoms with Gasteiger partial charge in [-0.15, -0.1) is 0 Å². The third-order valence-corrected chi connectivity index (χ3v) is 6.12. The van der Waals surface area contributed by atoms with Gasteiger partial charge in [0.25, 0.3) is 0 Å². The number of para-hydroxylation sites is 1. The first kappa shape index (κ1) is 19.7. The fraction of sp³-hybridized carbons (Fsp3) is 0.185. The van der Waals surface area contributed by atoms with E-state index in [1.54, 1.807) is 0 Å². The number of ketones is 1. The van der Waals surface area contributed by atoms with Gasteiger partial charge < -0.3 is 9.47 Å². The Labute approximate surface area is 187 Å². The zero-order valence-electron chi connectivity index (χ0n) is 17.0. The molecule has 1 unspecified atom stereocenters. The summed E-state index contributed by atoms with van der Waals surface area (Å²) in [5, 5.41) is 0.114. The molecule has 31 heavy (non-hydrogen) atoms. The molecule has 5 rings (SSSR count). The van der Waals surface area contributed by atoms with Crippen molar-refractivity contribution in [2.24, 2.45) is 0 Å². The summed E-state index contributed by atoms with van der Waals surface area (Å²) in [6.45, 7) is 0. The lowest BCUT2D eigenvalue weighted by atomic mass is 9.76. The molecule has 2 aliphatic carbocycles. The lowest BCUT2D eigenvalue weighted by molar-refractivity contribution is -0.113. The number of benzene rings is 3. The first-order valence-electron chi connectivity index (χ1n) is 10.6. The summed E-state index contributed by atoms with van der Waals surface area (Å²) in [4.78, 5) is 13.2. The normalized spacial score (nSPS) is 17.5. The smallest absolute Gasteiger partial charge is 0.358 e. The van der Waals surface area contributed by atoms with Crippen molar-refractivity contribution in [3.8, 4) is 5.75 Å². The molecule has 2 aliphatic rings. The van der Waals surface area contributed by atoms with Crippen molar-refractivity contribution in [2.45, 2.75) is 31.8 Å². The first-order chi connectivity index (χ1) is 15.2. The van der Waals surface area contributed by atoms with Gasteiger partial charge in [-0.05, 0) is 52.8 Å². The maximum atomic E-state index is 13.2. The van der Waals surface area contributed by atoms with E-state index >= 15 is 0 Å². The van der Waals surface area contributed by atoms with E-state index in [9.17, 15) is 4.79 Å². The van der Waals surface area contributed by atoms with Crippen LogP contribution in [0.1, 0.15) is 35.1 Å². The lowest BCUT2D eigenvalue weighted by Crippen LogP contribution is -2.26. The van der Waals surface area contributed by atoms with Gasteiger partial charge in [-0.2, -0.15) is 0 Å². The van der Waals surface area contributed by atoms with Crippen molar-refractivity contribution < 1.29 is 14.3 Å². The summed E-state index contributed by atoms with van der Waals surface area (Å²) in [6, 6.07) is 25.8. The molecule has 1 atom stereocenters. The summed E-state index contributed by atoms with van der Waals surface area (Å²) in [6.07, 6.45) is 2.49. The second kappa shape index (κ2) is 8.48. The van der Waals surface area contributed by atoms with Gasteiger partial charge in [0, 0.05) is 30.6 Å². The Morgan fingerprint density at radius 2 is 1.52 bits per heavy atom. The summed E-state index contributed by atoms with van der Waals surface area (Å²) in [5.41, 5.74) is 6.32. The number of ether oxygens (including phenoxy) is 2. The molecular weight excluding hydrogens is 404 g/mol. The molecule has 0 fully saturated rings. The molecule has 0 radical (unpaired) electrons. The van der Waals surface area contributed by atoms with Crippen LogP contribution in [0.15, 0.2) is 78.9 Å². The van der Waals surface area contributed by atoms with Crippen LogP contribution in [-0.4, -0.2) is 17.1 Å². The molecule has 0 heterocycles. The van der Waals surface area contributed by atoms with Crippen LogP contribution in [0.4, 0.5) is 0 Å². The maximum Gasteiger partial charge on any atom is 0.358 e. The Kier molecular flexibility index (Phi) is 5.39. The zero-order valence-corrected chi connectivity index (χ0v) is 17.9. The molecule has 3 nitrogen and oxygen atoms in total. The number of Topliss-reactive ketones (excluding diaryl/α,β-unsaturated/α-hetero) is 1. The highest BCUT2D eigenvalue weighted by Gasteiger charge is 2.31. The van der Waals surface area contributed by atoms with E-state index < -0.39 is 0 Å². The number of hydrogen-bond donors (Lipinski definition) is 0. The number of fused-ring (bicyclic) bond motifs is 4. The molecular formula is C27H22O3S. The van der Waals surface area contributed by atoms with Gasteiger partial charge in [0.1, 0.15) is 11.9 Å². The van der Waals surface area contributed by atoms with Gasteiger partial charge in [0.2, 0.25) is 0 Å². The minimum absolute atomic E-state index is 0.114. The Morgan fingerprint density at radius 3 is 2.32 bits per heavy atom. The van der Waals surface area contributed by atoms with Crippen molar-refractivity contribution in [2.75, 3.05) is 0 Å². The SMILES string of the molecule is O=C1Cc2ccccc2C2=C1c1ccccc1CCC(OC(=S)Oc1ccccc1)C2. The number of aryl methyl sites for hydroxylation is 1. The van der Waals surface area contributed by atoms with E-state index in [1.807, 2.05) is 60.7 Å². The number of hydrogen-bond acceptors (Lipinski definition) is 4. The number of carbonyl (C=O) groups is 1. The Balaban J connectivity index is 1.51.